The summed E-state index contributed by atoms with van der Waals surface area (Å²) in [5.41, 5.74) is 2.14. The molecule has 4 rings (SSSR count). The minimum atomic E-state index is -0.595. The number of nitrogens with zero attached hydrogens (tertiary/aromatic N) is 2. The van der Waals surface area contributed by atoms with E-state index in [1.54, 1.807) is 29.5 Å². The summed E-state index contributed by atoms with van der Waals surface area (Å²) in [6.07, 6.45) is 2.48. The number of benzene rings is 2. The molecule has 35 heavy (non-hydrogen) atoms. The van der Waals surface area contributed by atoms with Gasteiger partial charge in [0.1, 0.15) is 18.2 Å². The van der Waals surface area contributed by atoms with E-state index in [0.29, 0.717) is 31.8 Å². The van der Waals surface area contributed by atoms with Gasteiger partial charge in [-0.25, -0.2) is 4.39 Å². The second-order valence-electron chi connectivity index (χ2n) is 8.75. The summed E-state index contributed by atoms with van der Waals surface area (Å²) >= 11 is 1.69. The molecule has 2 atom stereocenters. The molecular formula is C28H31FN2O3S. The topological polar surface area (TPSA) is 53.0 Å². The number of aliphatic hydroxyl groups excluding tert-OH is 1. The van der Waals surface area contributed by atoms with E-state index in [9.17, 15) is 14.3 Å². The lowest BCUT2D eigenvalue weighted by Crippen LogP contribution is -2.48. The summed E-state index contributed by atoms with van der Waals surface area (Å²) < 4.78 is 19.5. The lowest BCUT2D eigenvalue weighted by molar-refractivity contribution is -0.136. The van der Waals surface area contributed by atoms with Gasteiger partial charge >= 0.3 is 0 Å². The number of hydrogen-bond acceptors (Lipinski definition) is 5. The van der Waals surface area contributed by atoms with Crippen molar-refractivity contribution in [3.63, 3.8) is 0 Å². The summed E-state index contributed by atoms with van der Waals surface area (Å²) in [7, 11) is 0. The molecule has 0 fully saturated rings. The maximum atomic E-state index is 13.6. The van der Waals surface area contributed by atoms with Crippen LogP contribution in [0.5, 0.6) is 5.75 Å². The molecule has 5 nitrogen and oxygen atoms in total. The highest BCUT2D eigenvalue weighted by Crippen LogP contribution is 2.34. The number of aliphatic hydroxyl groups is 1. The lowest BCUT2D eigenvalue weighted by Gasteiger charge is -2.37. The van der Waals surface area contributed by atoms with Crippen molar-refractivity contribution in [2.75, 3.05) is 32.8 Å². The third-order valence-corrected chi connectivity index (χ3v) is 7.14. The van der Waals surface area contributed by atoms with E-state index in [1.165, 1.54) is 17.0 Å². The van der Waals surface area contributed by atoms with E-state index in [4.69, 9.17) is 4.74 Å². The van der Waals surface area contributed by atoms with Gasteiger partial charge in [0.05, 0.1) is 18.7 Å². The standard InChI is InChI=1S/C28H31FN2O3S/c1-2-13-30(18-23(32)16-21-7-4-3-5-8-21)19-28(33)31-14-11-27-25(12-15-35-27)26(31)20-34-24-10-6-9-22(29)17-24/h2-10,12,15,17,23,26,32H,1,11,13-14,16,18-20H2. The molecule has 1 amide bonds. The number of rotatable bonds is 11. The number of carbonyl (C=O) groups excluding carboxylic acids is 1. The number of ether oxygens (including phenoxy) is 1. The molecule has 3 aromatic rings. The fourth-order valence-corrected chi connectivity index (χ4v) is 5.45. The third-order valence-electron chi connectivity index (χ3n) is 6.15. The number of amides is 1. The molecule has 0 saturated heterocycles. The molecule has 0 radical (unpaired) electrons. The highest BCUT2D eigenvalue weighted by molar-refractivity contribution is 7.10. The molecule has 1 aliphatic heterocycles. The molecule has 2 unspecified atom stereocenters. The summed E-state index contributed by atoms with van der Waals surface area (Å²) in [4.78, 5) is 18.5. The number of fused-ring (bicyclic) bond motifs is 1. The van der Waals surface area contributed by atoms with Gasteiger partial charge in [0, 0.05) is 30.6 Å². The molecule has 7 heteroatoms. The molecule has 2 heterocycles. The Morgan fingerprint density at radius 2 is 2.09 bits per heavy atom. The average molecular weight is 495 g/mol. The molecule has 0 bridgehead atoms. The van der Waals surface area contributed by atoms with E-state index in [0.717, 1.165) is 17.5 Å². The van der Waals surface area contributed by atoms with Gasteiger partial charge in [-0.15, -0.1) is 17.9 Å². The number of thiophene rings is 1. The predicted molar refractivity (Wildman–Crippen MR) is 137 cm³/mol. The van der Waals surface area contributed by atoms with Crippen LogP contribution in [0.3, 0.4) is 0 Å². The minimum Gasteiger partial charge on any atom is -0.491 e. The van der Waals surface area contributed by atoms with Crippen molar-refractivity contribution >= 4 is 17.2 Å². The van der Waals surface area contributed by atoms with Gasteiger partial charge in [0.15, 0.2) is 0 Å². The van der Waals surface area contributed by atoms with Gasteiger partial charge in [0.2, 0.25) is 5.91 Å². The molecule has 1 aromatic heterocycles. The van der Waals surface area contributed by atoms with E-state index in [2.05, 4.69) is 6.58 Å². The van der Waals surface area contributed by atoms with Crippen molar-refractivity contribution < 1.29 is 19.0 Å². The van der Waals surface area contributed by atoms with Crippen LogP contribution < -0.4 is 4.74 Å². The Morgan fingerprint density at radius 1 is 1.26 bits per heavy atom. The molecule has 184 valence electrons. The first-order valence-electron chi connectivity index (χ1n) is 11.8. The second-order valence-corrected chi connectivity index (χ2v) is 9.75. The van der Waals surface area contributed by atoms with Gasteiger partial charge in [-0.05, 0) is 47.5 Å². The van der Waals surface area contributed by atoms with Crippen molar-refractivity contribution in [1.29, 1.82) is 0 Å². The van der Waals surface area contributed by atoms with Gasteiger partial charge in [0.25, 0.3) is 0 Å². The van der Waals surface area contributed by atoms with Crippen LogP contribution in [-0.2, 0) is 17.6 Å². The highest BCUT2D eigenvalue weighted by Gasteiger charge is 2.33. The fourth-order valence-electron chi connectivity index (χ4n) is 4.52. The maximum Gasteiger partial charge on any atom is 0.237 e. The largest absolute Gasteiger partial charge is 0.491 e. The zero-order chi connectivity index (χ0) is 24.6. The number of hydrogen-bond donors (Lipinski definition) is 1. The molecule has 1 aliphatic rings. The Hall–Kier alpha value is -3.00. The lowest BCUT2D eigenvalue weighted by atomic mass is 10.0. The van der Waals surface area contributed by atoms with Crippen LogP contribution in [-0.4, -0.2) is 59.7 Å². The van der Waals surface area contributed by atoms with Crippen LogP contribution in [0.15, 0.2) is 78.7 Å². The molecule has 0 aliphatic carbocycles. The van der Waals surface area contributed by atoms with Gasteiger partial charge < -0.3 is 14.7 Å². The van der Waals surface area contributed by atoms with E-state index in [1.807, 2.05) is 51.6 Å². The highest BCUT2D eigenvalue weighted by atomic mass is 32.1. The number of carbonyl (C=O) groups is 1. The van der Waals surface area contributed by atoms with E-state index < -0.39 is 6.10 Å². The fraction of sp³-hybridized carbons (Fsp3) is 0.321. The molecule has 1 N–H and O–H groups in total. The molecule has 0 saturated carbocycles. The Bertz CT molecular complexity index is 1120. The average Bonchev–Trinajstić information content (AvgIpc) is 3.32. The summed E-state index contributed by atoms with van der Waals surface area (Å²) in [6.45, 7) is 5.71. The quantitative estimate of drug-likeness (QED) is 0.399. The van der Waals surface area contributed by atoms with Crippen molar-refractivity contribution in [2.24, 2.45) is 0 Å². The van der Waals surface area contributed by atoms with E-state index in [-0.39, 0.29) is 30.9 Å². The Labute approximate surface area is 210 Å². The smallest absolute Gasteiger partial charge is 0.237 e. The summed E-state index contributed by atoms with van der Waals surface area (Å²) in [6, 6.07) is 17.7. The Kier molecular flexibility index (Phi) is 8.69. The van der Waals surface area contributed by atoms with Gasteiger partial charge in [-0.1, -0.05) is 42.5 Å². The molecule has 0 spiro atoms. The van der Waals surface area contributed by atoms with Crippen LogP contribution >= 0.6 is 11.3 Å². The van der Waals surface area contributed by atoms with Gasteiger partial charge in [-0.2, -0.15) is 0 Å². The minimum absolute atomic E-state index is 0.0246. The van der Waals surface area contributed by atoms with Crippen LogP contribution in [0.2, 0.25) is 0 Å². The first kappa shape index (κ1) is 25.1. The zero-order valence-corrected chi connectivity index (χ0v) is 20.5. The van der Waals surface area contributed by atoms with Crippen molar-refractivity contribution in [1.82, 2.24) is 9.80 Å². The zero-order valence-electron chi connectivity index (χ0n) is 19.7. The summed E-state index contributed by atoms with van der Waals surface area (Å²) in [5, 5.41) is 12.7. The monoisotopic (exact) mass is 494 g/mol. The van der Waals surface area contributed by atoms with Crippen molar-refractivity contribution in [2.45, 2.75) is 25.0 Å². The first-order chi connectivity index (χ1) is 17.0. The normalized spacial score (nSPS) is 16.1. The van der Waals surface area contributed by atoms with Crippen LogP contribution in [0.4, 0.5) is 4.39 Å². The summed E-state index contributed by atoms with van der Waals surface area (Å²) in [5.74, 6) is 0.0601. The second kappa shape index (κ2) is 12.1. The van der Waals surface area contributed by atoms with Crippen LogP contribution in [0.1, 0.15) is 22.0 Å². The maximum absolute atomic E-state index is 13.6. The first-order valence-corrected chi connectivity index (χ1v) is 12.7. The van der Waals surface area contributed by atoms with Crippen molar-refractivity contribution in [3.05, 3.63) is 101 Å². The number of halogens is 1. The van der Waals surface area contributed by atoms with Crippen LogP contribution in [0.25, 0.3) is 0 Å². The SMILES string of the molecule is C=CCN(CC(=O)N1CCc2sccc2C1COc1cccc(F)c1)CC(O)Cc1ccccc1. The molecule has 2 aromatic carbocycles. The van der Waals surface area contributed by atoms with Crippen LogP contribution in [0, 0.1) is 5.82 Å². The predicted octanol–water partition coefficient (Wildman–Crippen LogP) is 4.48. The third kappa shape index (κ3) is 6.78. The van der Waals surface area contributed by atoms with E-state index >= 15 is 0 Å². The van der Waals surface area contributed by atoms with Crippen molar-refractivity contribution in [3.8, 4) is 5.75 Å². The van der Waals surface area contributed by atoms with Gasteiger partial charge in [-0.3, -0.25) is 9.69 Å². The molecular weight excluding hydrogens is 463 g/mol. The Balaban J connectivity index is 1.43. The Morgan fingerprint density at radius 3 is 2.86 bits per heavy atom.